The van der Waals surface area contributed by atoms with Gasteiger partial charge in [-0.1, -0.05) is 66.2 Å². The summed E-state index contributed by atoms with van der Waals surface area (Å²) in [6.07, 6.45) is 3.77. The highest BCUT2D eigenvalue weighted by Crippen LogP contribution is 2.44. The van der Waals surface area contributed by atoms with E-state index in [0.717, 1.165) is 41.7 Å². The summed E-state index contributed by atoms with van der Waals surface area (Å²) >= 11 is 1.45. The molecule has 196 valence electrons. The second kappa shape index (κ2) is 10.5. The van der Waals surface area contributed by atoms with Crippen LogP contribution in [0.25, 0.3) is 0 Å². The third-order valence-corrected chi connectivity index (χ3v) is 8.43. The van der Waals surface area contributed by atoms with Gasteiger partial charge < -0.3 is 14.8 Å². The van der Waals surface area contributed by atoms with Gasteiger partial charge in [0.1, 0.15) is 22.4 Å². The molecule has 4 aromatic rings. The van der Waals surface area contributed by atoms with Gasteiger partial charge in [-0.05, 0) is 50.3 Å². The Kier molecular flexibility index (Phi) is 6.75. The van der Waals surface area contributed by atoms with E-state index in [0.29, 0.717) is 38.8 Å². The molecule has 2 heterocycles. The number of rotatable bonds is 6. The number of carbonyl (C=O) groups is 3. The summed E-state index contributed by atoms with van der Waals surface area (Å²) in [7, 11) is 0. The van der Waals surface area contributed by atoms with Crippen LogP contribution in [-0.2, 0) is 27.2 Å². The van der Waals surface area contributed by atoms with Crippen LogP contribution in [0.2, 0.25) is 0 Å². The first-order chi connectivity index (χ1) is 19.0. The normalized spacial score (nSPS) is 13.9. The topological polar surface area (TPSA) is 81.7 Å². The standard InChI is InChI=1S/C32H27NO5S/c1-19-14-16-20(17-15-19)30(35)29-23-10-4-7-13-26(23)39-31(29)33-27(34)18-37-32(36)28-21-8-2-5-11-24(21)38-25-12-6-3-9-22(25)28/h2-3,5-6,8-9,11-12,14-17,28H,4,7,10,13,18H2,1H3,(H,33,34). The van der Waals surface area contributed by atoms with Gasteiger partial charge in [0.05, 0.1) is 5.56 Å². The molecule has 1 aliphatic carbocycles. The zero-order valence-electron chi connectivity index (χ0n) is 21.5. The molecule has 0 unspecified atom stereocenters. The molecule has 1 N–H and O–H groups in total. The summed E-state index contributed by atoms with van der Waals surface area (Å²) < 4.78 is 11.5. The van der Waals surface area contributed by atoms with Gasteiger partial charge in [0, 0.05) is 21.6 Å². The maximum absolute atomic E-state index is 13.6. The number of benzene rings is 3. The minimum atomic E-state index is -0.702. The summed E-state index contributed by atoms with van der Waals surface area (Å²) in [5, 5.41) is 3.41. The molecule has 0 fully saturated rings. The monoisotopic (exact) mass is 537 g/mol. The first-order valence-corrected chi connectivity index (χ1v) is 13.9. The number of hydrogen-bond acceptors (Lipinski definition) is 6. The maximum Gasteiger partial charge on any atom is 0.318 e. The highest BCUT2D eigenvalue weighted by molar-refractivity contribution is 7.17. The van der Waals surface area contributed by atoms with Crippen LogP contribution in [0.4, 0.5) is 5.00 Å². The summed E-state index contributed by atoms with van der Waals surface area (Å²) in [5.74, 6) is -0.635. The molecule has 0 atom stereocenters. The van der Waals surface area contributed by atoms with E-state index in [4.69, 9.17) is 9.47 Å². The van der Waals surface area contributed by atoms with Crippen LogP contribution in [0.1, 0.15) is 61.8 Å². The third-order valence-electron chi connectivity index (χ3n) is 7.23. The molecule has 0 saturated heterocycles. The van der Waals surface area contributed by atoms with Crippen molar-refractivity contribution >= 4 is 34.0 Å². The van der Waals surface area contributed by atoms with E-state index in [1.807, 2.05) is 79.7 Å². The molecule has 0 radical (unpaired) electrons. The van der Waals surface area contributed by atoms with Crippen molar-refractivity contribution in [3.05, 3.63) is 111 Å². The van der Waals surface area contributed by atoms with E-state index in [-0.39, 0.29) is 5.78 Å². The van der Waals surface area contributed by atoms with Gasteiger partial charge in [0.2, 0.25) is 0 Å². The SMILES string of the molecule is Cc1ccc(C(=O)c2c(NC(=O)COC(=O)C3c4ccccc4Oc4ccccc43)sc3c2CCCC3)cc1. The molecule has 0 spiro atoms. The van der Waals surface area contributed by atoms with Gasteiger partial charge in [0.25, 0.3) is 5.91 Å². The molecule has 3 aromatic carbocycles. The Morgan fingerprint density at radius 1 is 0.897 bits per heavy atom. The Morgan fingerprint density at radius 3 is 2.23 bits per heavy atom. The van der Waals surface area contributed by atoms with Crippen molar-refractivity contribution in [2.45, 2.75) is 38.5 Å². The summed E-state index contributed by atoms with van der Waals surface area (Å²) in [6.45, 7) is 1.52. The average molecular weight is 538 g/mol. The molecule has 0 saturated carbocycles. The van der Waals surface area contributed by atoms with Gasteiger partial charge >= 0.3 is 5.97 Å². The lowest BCUT2D eigenvalue weighted by atomic mass is 9.88. The molecule has 2 aliphatic rings. The van der Waals surface area contributed by atoms with Gasteiger partial charge in [-0.3, -0.25) is 14.4 Å². The van der Waals surface area contributed by atoms with Crippen molar-refractivity contribution in [1.29, 1.82) is 0 Å². The van der Waals surface area contributed by atoms with E-state index in [1.165, 1.54) is 11.3 Å². The molecule has 6 nitrogen and oxygen atoms in total. The average Bonchev–Trinajstić information content (AvgIpc) is 3.32. The van der Waals surface area contributed by atoms with Crippen LogP contribution < -0.4 is 10.1 Å². The van der Waals surface area contributed by atoms with Crippen LogP contribution >= 0.6 is 11.3 Å². The summed E-state index contributed by atoms with van der Waals surface area (Å²) in [6, 6.07) is 22.1. The van der Waals surface area contributed by atoms with E-state index in [2.05, 4.69) is 5.32 Å². The van der Waals surface area contributed by atoms with Crippen molar-refractivity contribution in [2.75, 3.05) is 11.9 Å². The quantitative estimate of drug-likeness (QED) is 0.222. The molecule has 1 aromatic heterocycles. The lowest BCUT2D eigenvalue weighted by Crippen LogP contribution is -2.26. The number of ketones is 1. The van der Waals surface area contributed by atoms with Crippen molar-refractivity contribution in [2.24, 2.45) is 0 Å². The van der Waals surface area contributed by atoms with Gasteiger partial charge in [-0.25, -0.2) is 0 Å². The van der Waals surface area contributed by atoms with Crippen molar-refractivity contribution in [3.63, 3.8) is 0 Å². The second-order valence-electron chi connectivity index (χ2n) is 9.88. The Balaban J connectivity index is 1.21. The van der Waals surface area contributed by atoms with Gasteiger partial charge in [-0.2, -0.15) is 0 Å². The number of carbonyl (C=O) groups excluding carboxylic acids is 3. The first-order valence-electron chi connectivity index (χ1n) is 13.1. The van der Waals surface area contributed by atoms with Crippen LogP contribution in [0.15, 0.2) is 72.8 Å². The predicted octanol–water partition coefficient (Wildman–Crippen LogP) is 6.59. The summed E-state index contributed by atoms with van der Waals surface area (Å²) in [5.41, 5.74) is 4.64. The number of fused-ring (bicyclic) bond motifs is 3. The number of nitrogens with one attached hydrogen (secondary N) is 1. The van der Waals surface area contributed by atoms with Gasteiger partial charge in [-0.15, -0.1) is 11.3 Å². The predicted molar refractivity (Wildman–Crippen MR) is 150 cm³/mol. The molecule has 7 heteroatoms. The Bertz CT molecular complexity index is 1540. The van der Waals surface area contributed by atoms with Crippen LogP contribution in [0, 0.1) is 6.92 Å². The fraction of sp³-hybridized carbons (Fsp3) is 0.219. The molecular formula is C32H27NO5S. The van der Waals surface area contributed by atoms with Crippen molar-refractivity contribution < 1.29 is 23.9 Å². The van der Waals surface area contributed by atoms with Crippen LogP contribution in [0.3, 0.4) is 0 Å². The second-order valence-corrected chi connectivity index (χ2v) is 11.0. The highest BCUT2D eigenvalue weighted by atomic mass is 32.1. The number of anilines is 1. The largest absolute Gasteiger partial charge is 0.457 e. The minimum absolute atomic E-state index is 0.0999. The van der Waals surface area contributed by atoms with Crippen molar-refractivity contribution in [1.82, 2.24) is 0 Å². The summed E-state index contributed by atoms with van der Waals surface area (Å²) in [4.78, 5) is 41.1. The minimum Gasteiger partial charge on any atom is -0.457 e. The van der Waals surface area contributed by atoms with Gasteiger partial charge in [0.15, 0.2) is 12.4 Å². The number of hydrogen-bond donors (Lipinski definition) is 1. The number of esters is 1. The van der Waals surface area contributed by atoms with Crippen molar-refractivity contribution in [3.8, 4) is 11.5 Å². The Hall–Kier alpha value is -4.23. The van der Waals surface area contributed by atoms with E-state index in [9.17, 15) is 14.4 Å². The van der Waals surface area contributed by atoms with E-state index >= 15 is 0 Å². The lowest BCUT2D eigenvalue weighted by molar-refractivity contribution is -0.148. The third kappa shape index (κ3) is 4.86. The molecule has 1 aliphatic heterocycles. The first kappa shape index (κ1) is 25.1. The number of amides is 1. The lowest BCUT2D eigenvalue weighted by Gasteiger charge is -2.26. The Morgan fingerprint density at radius 2 is 1.54 bits per heavy atom. The molecule has 39 heavy (non-hydrogen) atoms. The van der Waals surface area contributed by atoms with E-state index in [1.54, 1.807) is 0 Å². The smallest absolute Gasteiger partial charge is 0.318 e. The number of thiophene rings is 1. The fourth-order valence-electron chi connectivity index (χ4n) is 5.29. The highest BCUT2D eigenvalue weighted by Gasteiger charge is 2.34. The number of para-hydroxylation sites is 2. The van der Waals surface area contributed by atoms with Crippen LogP contribution in [0.5, 0.6) is 11.5 Å². The maximum atomic E-state index is 13.6. The molecule has 1 amide bonds. The molecule has 0 bridgehead atoms. The zero-order valence-corrected chi connectivity index (χ0v) is 22.3. The zero-order chi connectivity index (χ0) is 26.9. The van der Waals surface area contributed by atoms with Crippen LogP contribution in [-0.4, -0.2) is 24.3 Å². The fourth-order valence-corrected chi connectivity index (χ4v) is 6.59. The molecule has 6 rings (SSSR count). The number of ether oxygens (including phenoxy) is 2. The number of aryl methyl sites for hydroxylation is 2. The Labute approximate surface area is 230 Å². The van der Waals surface area contributed by atoms with E-state index < -0.39 is 24.4 Å². The molecular weight excluding hydrogens is 510 g/mol.